The molecule has 5 heteroatoms. The minimum atomic E-state index is -1.12. The van der Waals surface area contributed by atoms with Crippen LogP contribution in [0.1, 0.15) is 34.4 Å². The van der Waals surface area contributed by atoms with E-state index in [-0.39, 0.29) is 18.2 Å². The summed E-state index contributed by atoms with van der Waals surface area (Å²) in [4.78, 5) is 22.6. The van der Waals surface area contributed by atoms with E-state index in [9.17, 15) is 9.59 Å². The maximum atomic E-state index is 11.9. The van der Waals surface area contributed by atoms with E-state index < -0.39 is 5.97 Å². The Hall–Kier alpha value is -2.56. The van der Waals surface area contributed by atoms with Crippen molar-refractivity contribution in [3.63, 3.8) is 0 Å². The van der Waals surface area contributed by atoms with E-state index in [1.165, 1.54) is 6.07 Å². The van der Waals surface area contributed by atoms with Gasteiger partial charge in [-0.25, -0.2) is 4.79 Å². The maximum Gasteiger partial charge on any atom is 0.371 e. The lowest BCUT2D eigenvalue weighted by molar-refractivity contribution is -0.120. The van der Waals surface area contributed by atoms with Gasteiger partial charge in [0.05, 0.1) is 13.0 Å². The first-order valence-corrected chi connectivity index (χ1v) is 6.75. The molecule has 1 aromatic carbocycles. The fourth-order valence-corrected chi connectivity index (χ4v) is 2.08. The Bertz CT molecular complexity index is 645. The molecule has 0 atom stereocenters. The summed E-state index contributed by atoms with van der Waals surface area (Å²) < 4.78 is 5.08. The second-order valence-electron chi connectivity index (χ2n) is 4.65. The molecule has 0 aliphatic carbocycles. The van der Waals surface area contributed by atoms with Crippen molar-refractivity contribution in [1.82, 2.24) is 5.32 Å². The summed E-state index contributed by atoms with van der Waals surface area (Å²) in [6.07, 6.45) is 1.18. The first kappa shape index (κ1) is 14.8. The highest BCUT2D eigenvalue weighted by atomic mass is 16.4. The number of benzene rings is 1. The van der Waals surface area contributed by atoms with Crippen LogP contribution in [0.5, 0.6) is 0 Å². The molecule has 5 nitrogen and oxygen atoms in total. The third kappa shape index (κ3) is 3.95. The van der Waals surface area contributed by atoms with E-state index in [0.29, 0.717) is 12.2 Å². The fraction of sp³-hybridized carbons (Fsp3) is 0.250. The molecule has 0 radical (unpaired) electrons. The van der Waals surface area contributed by atoms with Gasteiger partial charge in [-0.05, 0) is 29.7 Å². The Kier molecular flexibility index (Phi) is 4.77. The van der Waals surface area contributed by atoms with E-state index >= 15 is 0 Å². The molecular weight excluding hydrogens is 270 g/mol. The average molecular weight is 287 g/mol. The standard InChI is InChI=1S/C16H17NO4/c1-2-11-5-3-4-6-12(11)9-15(18)17-10-13-7-8-14(21-13)16(19)20/h3-8H,2,9-10H2,1H3,(H,17,18)(H,19,20). The van der Waals surface area contributed by atoms with Crippen LogP contribution >= 0.6 is 0 Å². The van der Waals surface area contributed by atoms with Crippen molar-refractivity contribution in [1.29, 1.82) is 0 Å². The molecule has 0 bridgehead atoms. The predicted molar refractivity (Wildman–Crippen MR) is 77.0 cm³/mol. The molecule has 21 heavy (non-hydrogen) atoms. The molecule has 1 heterocycles. The van der Waals surface area contributed by atoms with Crippen LogP contribution in [0.3, 0.4) is 0 Å². The molecule has 0 fully saturated rings. The predicted octanol–water partition coefficient (Wildman–Crippen LogP) is 2.40. The topological polar surface area (TPSA) is 79.5 Å². The number of carboxylic acid groups (broad SMARTS) is 1. The molecule has 110 valence electrons. The Balaban J connectivity index is 1.91. The van der Waals surface area contributed by atoms with Crippen LogP contribution in [-0.2, 0) is 24.2 Å². The lowest BCUT2D eigenvalue weighted by atomic mass is 10.0. The van der Waals surface area contributed by atoms with Gasteiger partial charge in [-0.2, -0.15) is 0 Å². The lowest BCUT2D eigenvalue weighted by Gasteiger charge is -2.07. The van der Waals surface area contributed by atoms with Crippen molar-refractivity contribution in [3.05, 3.63) is 59.0 Å². The normalized spacial score (nSPS) is 10.3. The molecule has 0 aliphatic rings. The summed E-state index contributed by atoms with van der Waals surface area (Å²) in [6.45, 7) is 2.23. The van der Waals surface area contributed by atoms with E-state index in [2.05, 4.69) is 5.32 Å². The highest BCUT2D eigenvalue weighted by molar-refractivity contribution is 5.84. The largest absolute Gasteiger partial charge is 0.475 e. The third-order valence-electron chi connectivity index (χ3n) is 3.18. The van der Waals surface area contributed by atoms with Crippen molar-refractivity contribution in [3.8, 4) is 0 Å². The van der Waals surface area contributed by atoms with Gasteiger partial charge >= 0.3 is 5.97 Å². The van der Waals surface area contributed by atoms with Crippen molar-refractivity contribution in [2.24, 2.45) is 0 Å². The Morgan fingerprint density at radius 2 is 1.86 bits per heavy atom. The summed E-state index contributed by atoms with van der Waals surface area (Å²) in [6, 6.07) is 10.7. The summed E-state index contributed by atoms with van der Waals surface area (Å²) in [5, 5.41) is 11.5. The molecule has 0 saturated carbocycles. The van der Waals surface area contributed by atoms with Crippen molar-refractivity contribution < 1.29 is 19.1 Å². The number of hydrogen-bond acceptors (Lipinski definition) is 3. The molecular formula is C16H17NO4. The Labute approximate surface area is 122 Å². The zero-order chi connectivity index (χ0) is 15.2. The third-order valence-corrected chi connectivity index (χ3v) is 3.18. The number of aromatic carboxylic acids is 1. The molecule has 1 aromatic heterocycles. The number of aryl methyl sites for hydroxylation is 1. The van der Waals surface area contributed by atoms with Gasteiger partial charge < -0.3 is 14.8 Å². The molecule has 0 aliphatic heterocycles. The summed E-state index contributed by atoms with van der Waals surface area (Å²) in [5.41, 5.74) is 2.15. The van der Waals surface area contributed by atoms with Crippen LogP contribution in [-0.4, -0.2) is 17.0 Å². The number of carbonyl (C=O) groups is 2. The lowest BCUT2D eigenvalue weighted by Crippen LogP contribution is -2.24. The molecule has 2 N–H and O–H groups in total. The zero-order valence-electron chi connectivity index (χ0n) is 11.8. The molecule has 0 unspecified atom stereocenters. The SMILES string of the molecule is CCc1ccccc1CC(=O)NCc1ccc(C(=O)O)o1. The summed E-state index contributed by atoms with van der Waals surface area (Å²) >= 11 is 0. The highest BCUT2D eigenvalue weighted by Crippen LogP contribution is 2.11. The number of hydrogen-bond donors (Lipinski definition) is 2. The molecule has 0 spiro atoms. The first-order chi connectivity index (χ1) is 10.1. The molecule has 2 aromatic rings. The van der Waals surface area contributed by atoms with Gasteiger partial charge in [0.25, 0.3) is 0 Å². The molecule has 1 amide bonds. The van der Waals surface area contributed by atoms with Gasteiger partial charge in [-0.15, -0.1) is 0 Å². The van der Waals surface area contributed by atoms with Gasteiger partial charge in [0.1, 0.15) is 5.76 Å². The van der Waals surface area contributed by atoms with Crippen molar-refractivity contribution in [2.75, 3.05) is 0 Å². The van der Waals surface area contributed by atoms with E-state index in [0.717, 1.165) is 17.5 Å². The second-order valence-corrected chi connectivity index (χ2v) is 4.65. The van der Waals surface area contributed by atoms with E-state index in [1.807, 2.05) is 31.2 Å². The van der Waals surface area contributed by atoms with Crippen LogP contribution in [0.2, 0.25) is 0 Å². The van der Waals surface area contributed by atoms with Gasteiger partial charge in [-0.3, -0.25) is 4.79 Å². The van der Waals surface area contributed by atoms with E-state index in [4.69, 9.17) is 9.52 Å². The van der Waals surface area contributed by atoms with Gasteiger partial charge in [0.2, 0.25) is 11.7 Å². The Morgan fingerprint density at radius 3 is 2.48 bits per heavy atom. The maximum absolute atomic E-state index is 11.9. The number of amides is 1. The van der Waals surface area contributed by atoms with Crippen LogP contribution in [0.25, 0.3) is 0 Å². The first-order valence-electron chi connectivity index (χ1n) is 6.75. The summed E-state index contributed by atoms with van der Waals surface area (Å²) in [7, 11) is 0. The molecule has 2 rings (SSSR count). The number of carboxylic acids is 1. The minimum Gasteiger partial charge on any atom is -0.475 e. The van der Waals surface area contributed by atoms with Crippen LogP contribution in [0.15, 0.2) is 40.8 Å². The van der Waals surface area contributed by atoms with Gasteiger partial charge in [-0.1, -0.05) is 31.2 Å². The van der Waals surface area contributed by atoms with Crippen LogP contribution in [0, 0.1) is 0 Å². The minimum absolute atomic E-state index is 0.121. The second kappa shape index (κ2) is 6.74. The number of rotatable bonds is 6. The van der Waals surface area contributed by atoms with Crippen LogP contribution in [0.4, 0.5) is 0 Å². The van der Waals surface area contributed by atoms with Gasteiger partial charge in [0, 0.05) is 0 Å². The van der Waals surface area contributed by atoms with Crippen LogP contribution < -0.4 is 5.32 Å². The smallest absolute Gasteiger partial charge is 0.371 e. The van der Waals surface area contributed by atoms with Crippen molar-refractivity contribution in [2.45, 2.75) is 26.3 Å². The monoisotopic (exact) mass is 287 g/mol. The number of furan rings is 1. The zero-order valence-corrected chi connectivity index (χ0v) is 11.8. The highest BCUT2D eigenvalue weighted by Gasteiger charge is 2.10. The number of carbonyl (C=O) groups excluding carboxylic acids is 1. The Morgan fingerprint density at radius 1 is 1.14 bits per heavy atom. The van der Waals surface area contributed by atoms with Crippen molar-refractivity contribution >= 4 is 11.9 Å². The fourth-order valence-electron chi connectivity index (χ4n) is 2.08. The average Bonchev–Trinajstić information content (AvgIpc) is 2.95. The molecule has 0 saturated heterocycles. The van der Waals surface area contributed by atoms with Gasteiger partial charge in [0.15, 0.2) is 0 Å². The quantitative estimate of drug-likeness (QED) is 0.855. The summed E-state index contributed by atoms with van der Waals surface area (Å²) in [5.74, 6) is -0.950. The number of nitrogens with one attached hydrogen (secondary N) is 1. The van der Waals surface area contributed by atoms with E-state index in [1.54, 1.807) is 6.07 Å².